The van der Waals surface area contributed by atoms with E-state index in [4.69, 9.17) is 0 Å². The van der Waals surface area contributed by atoms with Crippen LogP contribution in [0.15, 0.2) is 24.3 Å². The molecule has 1 heterocycles. The first-order valence-corrected chi connectivity index (χ1v) is 6.22. The highest BCUT2D eigenvalue weighted by molar-refractivity contribution is 5.82. The van der Waals surface area contributed by atoms with E-state index in [1.54, 1.807) is 0 Å². The van der Waals surface area contributed by atoms with E-state index < -0.39 is 42.6 Å². The highest BCUT2D eigenvalue weighted by Crippen LogP contribution is 2.29. The Morgan fingerprint density at radius 2 is 2.10 bits per heavy atom. The molecule has 0 aromatic heterocycles. The molecule has 1 saturated heterocycles. The molecule has 1 aromatic carbocycles. The van der Waals surface area contributed by atoms with Crippen molar-refractivity contribution in [2.75, 3.05) is 6.54 Å². The molecular formula is C13H13F5N2O. The van der Waals surface area contributed by atoms with E-state index in [-0.39, 0.29) is 12.1 Å². The molecule has 0 aliphatic carbocycles. The van der Waals surface area contributed by atoms with Gasteiger partial charge < -0.3 is 5.32 Å². The summed E-state index contributed by atoms with van der Waals surface area (Å²) in [6, 6.07) is 3.46. The average molecular weight is 308 g/mol. The summed E-state index contributed by atoms with van der Waals surface area (Å²) in [4.78, 5) is 11.7. The van der Waals surface area contributed by atoms with Crippen LogP contribution in [0.3, 0.4) is 0 Å². The molecule has 3 nitrogen and oxygen atoms in total. The predicted molar refractivity (Wildman–Crippen MR) is 64.6 cm³/mol. The van der Waals surface area contributed by atoms with Gasteiger partial charge in [-0.2, -0.15) is 13.2 Å². The lowest BCUT2D eigenvalue weighted by molar-refractivity contribution is -0.137. The van der Waals surface area contributed by atoms with Crippen molar-refractivity contribution in [2.45, 2.75) is 31.1 Å². The molecule has 0 spiro atoms. The third kappa shape index (κ3) is 4.13. The average Bonchev–Trinajstić information content (AvgIpc) is 2.76. The second-order valence-corrected chi connectivity index (χ2v) is 4.91. The zero-order valence-electron chi connectivity index (χ0n) is 10.8. The predicted octanol–water partition coefficient (Wildman–Crippen LogP) is 2.32. The van der Waals surface area contributed by atoms with Gasteiger partial charge in [-0.15, -0.1) is 0 Å². The number of carbonyl (C=O) groups is 1. The lowest BCUT2D eigenvalue weighted by atomic mass is 10.1. The topological polar surface area (TPSA) is 41.1 Å². The van der Waals surface area contributed by atoms with Gasteiger partial charge in [0, 0.05) is 13.0 Å². The molecule has 0 saturated carbocycles. The van der Waals surface area contributed by atoms with Crippen molar-refractivity contribution in [1.29, 1.82) is 0 Å². The first kappa shape index (κ1) is 15.7. The van der Waals surface area contributed by atoms with Crippen LogP contribution in [-0.2, 0) is 17.5 Å². The maximum Gasteiger partial charge on any atom is 0.416 e. The Balaban J connectivity index is 1.93. The van der Waals surface area contributed by atoms with Gasteiger partial charge in [0.1, 0.15) is 0 Å². The van der Waals surface area contributed by atoms with Crippen LogP contribution in [0, 0.1) is 0 Å². The van der Waals surface area contributed by atoms with Gasteiger partial charge in [-0.1, -0.05) is 12.1 Å². The number of hydrogen-bond donors (Lipinski definition) is 2. The molecule has 1 fully saturated rings. The number of halogens is 5. The molecule has 8 heteroatoms. The normalized spacial score (nSPS) is 21.3. The van der Waals surface area contributed by atoms with Crippen molar-refractivity contribution in [1.82, 2.24) is 10.6 Å². The van der Waals surface area contributed by atoms with Crippen LogP contribution in [0.1, 0.15) is 17.5 Å². The van der Waals surface area contributed by atoms with Gasteiger partial charge in [-0.05, 0) is 17.7 Å². The fourth-order valence-electron chi connectivity index (χ4n) is 2.07. The van der Waals surface area contributed by atoms with E-state index in [0.717, 1.165) is 12.1 Å². The van der Waals surface area contributed by atoms with Crippen molar-refractivity contribution >= 4 is 5.91 Å². The van der Waals surface area contributed by atoms with Crippen LogP contribution in [0.5, 0.6) is 0 Å². The SMILES string of the molecule is O=C(NCc1cccc(C(F)(F)F)c1)C1CC(F)(F)CN1. The second kappa shape index (κ2) is 5.59. The van der Waals surface area contributed by atoms with Gasteiger partial charge in [0.25, 0.3) is 5.92 Å². The molecule has 116 valence electrons. The van der Waals surface area contributed by atoms with Gasteiger partial charge >= 0.3 is 6.18 Å². The Labute approximate surface area is 117 Å². The quantitative estimate of drug-likeness (QED) is 0.842. The second-order valence-electron chi connectivity index (χ2n) is 4.91. The Morgan fingerprint density at radius 3 is 2.67 bits per heavy atom. The molecular weight excluding hydrogens is 295 g/mol. The zero-order chi connectivity index (χ0) is 15.7. The Morgan fingerprint density at radius 1 is 1.38 bits per heavy atom. The van der Waals surface area contributed by atoms with Crippen molar-refractivity contribution in [3.05, 3.63) is 35.4 Å². The van der Waals surface area contributed by atoms with E-state index in [9.17, 15) is 26.7 Å². The van der Waals surface area contributed by atoms with Crippen molar-refractivity contribution in [3.8, 4) is 0 Å². The molecule has 21 heavy (non-hydrogen) atoms. The summed E-state index contributed by atoms with van der Waals surface area (Å²) in [6.45, 7) is -0.721. The zero-order valence-corrected chi connectivity index (χ0v) is 10.8. The number of carbonyl (C=O) groups excluding carboxylic acids is 1. The van der Waals surface area contributed by atoms with E-state index >= 15 is 0 Å². The van der Waals surface area contributed by atoms with Crippen LogP contribution < -0.4 is 10.6 Å². The number of rotatable bonds is 3. The molecule has 1 aromatic rings. The molecule has 1 atom stereocenters. The van der Waals surface area contributed by atoms with E-state index in [0.29, 0.717) is 0 Å². The molecule has 1 aliphatic heterocycles. The smallest absolute Gasteiger partial charge is 0.351 e. The highest BCUT2D eigenvalue weighted by Gasteiger charge is 2.42. The first-order valence-electron chi connectivity index (χ1n) is 6.22. The fraction of sp³-hybridized carbons (Fsp3) is 0.462. The lowest BCUT2D eigenvalue weighted by Crippen LogP contribution is -2.40. The minimum absolute atomic E-state index is 0.146. The number of hydrogen-bond acceptors (Lipinski definition) is 2. The fourth-order valence-corrected chi connectivity index (χ4v) is 2.07. The molecule has 1 unspecified atom stereocenters. The monoisotopic (exact) mass is 308 g/mol. The summed E-state index contributed by atoms with van der Waals surface area (Å²) in [5.41, 5.74) is -0.567. The maximum absolute atomic E-state index is 12.9. The summed E-state index contributed by atoms with van der Waals surface area (Å²) < 4.78 is 63.4. The molecule has 2 rings (SSSR count). The molecule has 1 aliphatic rings. The van der Waals surface area contributed by atoms with E-state index in [1.807, 2.05) is 0 Å². The van der Waals surface area contributed by atoms with Gasteiger partial charge in [-0.3, -0.25) is 10.1 Å². The Bertz CT molecular complexity index is 530. The maximum atomic E-state index is 12.9. The lowest BCUT2D eigenvalue weighted by Gasteiger charge is -2.12. The van der Waals surface area contributed by atoms with Crippen LogP contribution in [-0.4, -0.2) is 24.4 Å². The van der Waals surface area contributed by atoms with Gasteiger partial charge in [0.15, 0.2) is 0 Å². The number of amides is 1. The van der Waals surface area contributed by atoms with Crippen LogP contribution in [0.2, 0.25) is 0 Å². The summed E-state index contributed by atoms with van der Waals surface area (Å²) in [5.74, 6) is -3.58. The van der Waals surface area contributed by atoms with Crippen LogP contribution >= 0.6 is 0 Å². The van der Waals surface area contributed by atoms with Crippen molar-refractivity contribution in [3.63, 3.8) is 0 Å². The summed E-state index contributed by atoms with van der Waals surface area (Å²) in [5, 5.41) is 4.73. The minimum Gasteiger partial charge on any atom is -0.351 e. The Hall–Kier alpha value is -1.70. The van der Waals surface area contributed by atoms with Crippen LogP contribution in [0.4, 0.5) is 22.0 Å². The summed E-state index contributed by atoms with van der Waals surface area (Å²) in [6.07, 6.45) is -5.07. The summed E-state index contributed by atoms with van der Waals surface area (Å²) >= 11 is 0. The van der Waals surface area contributed by atoms with Crippen molar-refractivity contribution in [2.24, 2.45) is 0 Å². The summed E-state index contributed by atoms with van der Waals surface area (Å²) in [7, 11) is 0. The van der Waals surface area contributed by atoms with Crippen molar-refractivity contribution < 1.29 is 26.7 Å². The van der Waals surface area contributed by atoms with Gasteiger partial charge in [0.2, 0.25) is 5.91 Å². The number of alkyl halides is 5. The minimum atomic E-state index is -4.46. The molecule has 1 amide bonds. The third-order valence-corrected chi connectivity index (χ3v) is 3.15. The standard InChI is InChI=1S/C13H13F5N2O/c14-12(15)5-10(20-7-12)11(21)19-6-8-2-1-3-9(4-8)13(16,17)18/h1-4,10,20H,5-7H2,(H,19,21). The Kier molecular flexibility index (Phi) is 4.18. The van der Waals surface area contributed by atoms with Gasteiger partial charge in [-0.25, -0.2) is 8.78 Å². The van der Waals surface area contributed by atoms with E-state index in [1.165, 1.54) is 12.1 Å². The molecule has 2 N–H and O–H groups in total. The molecule has 0 bridgehead atoms. The highest BCUT2D eigenvalue weighted by atomic mass is 19.4. The number of nitrogens with one attached hydrogen (secondary N) is 2. The first-order chi connectivity index (χ1) is 9.67. The number of benzene rings is 1. The van der Waals surface area contributed by atoms with Gasteiger partial charge in [0.05, 0.1) is 18.2 Å². The van der Waals surface area contributed by atoms with Crippen LogP contribution in [0.25, 0.3) is 0 Å². The molecule has 0 radical (unpaired) electrons. The largest absolute Gasteiger partial charge is 0.416 e. The third-order valence-electron chi connectivity index (χ3n) is 3.15. The van der Waals surface area contributed by atoms with E-state index in [2.05, 4.69) is 10.6 Å².